The highest BCUT2D eigenvalue weighted by Crippen LogP contribution is 2.37. The van der Waals surface area contributed by atoms with Gasteiger partial charge in [0.1, 0.15) is 18.0 Å². The molecule has 6 nitrogen and oxygen atoms in total. The van der Waals surface area contributed by atoms with Crippen molar-refractivity contribution in [3.63, 3.8) is 0 Å². The molecule has 1 unspecified atom stereocenters. The zero-order valence-corrected chi connectivity index (χ0v) is 17.4. The molecule has 31 heavy (non-hydrogen) atoms. The lowest BCUT2D eigenvalue weighted by Crippen LogP contribution is -2.20. The van der Waals surface area contributed by atoms with Crippen LogP contribution in [0.1, 0.15) is 22.7 Å². The van der Waals surface area contributed by atoms with Crippen molar-refractivity contribution in [2.24, 2.45) is 0 Å². The van der Waals surface area contributed by atoms with Crippen LogP contribution in [0.25, 0.3) is 21.3 Å². The molecule has 5 aromatic rings. The summed E-state index contributed by atoms with van der Waals surface area (Å²) in [6.45, 7) is 0.470. The molecular formula is C24H20N4O2S. The van der Waals surface area contributed by atoms with Gasteiger partial charge >= 0.3 is 0 Å². The van der Waals surface area contributed by atoms with Crippen LogP contribution in [0.5, 0.6) is 5.75 Å². The van der Waals surface area contributed by atoms with Crippen LogP contribution >= 0.6 is 11.3 Å². The molecule has 2 aromatic carbocycles. The van der Waals surface area contributed by atoms with Crippen molar-refractivity contribution in [3.05, 3.63) is 83.7 Å². The van der Waals surface area contributed by atoms with E-state index in [9.17, 15) is 5.11 Å². The highest BCUT2D eigenvalue weighted by Gasteiger charge is 2.31. The maximum atomic E-state index is 10.5. The van der Waals surface area contributed by atoms with E-state index < -0.39 is 6.10 Å². The summed E-state index contributed by atoms with van der Waals surface area (Å²) in [4.78, 5) is 12.2. The van der Waals surface area contributed by atoms with Crippen molar-refractivity contribution < 1.29 is 9.84 Å². The number of aliphatic hydroxyl groups is 1. The van der Waals surface area contributed by atoms with Gasteiger partial charge in [0.15, 0.2) is 5.13 Å². The van der Waals surface area contributed by atoms with Gasteiger partial charge in [-0.2, -0.15) is 0 Å². The molecule has 0 radical (unpaired) electrons. The van der Waals surface area contributed by atoms with E-state index in [1.807, 2.05) is 48.7 Å². The Morgan fingerprint density at radius 1 is 1.16 bits per heavy atom. The number of aliphatic hydroxyl groups excluding tert-OH is 1. The number of benzene rings is 2. The summed E-state index contributed by atoms with van der Waals surface area (Å²) >= 11 is 1.57. The first-order valence-electron chi connectivity index (χ1n) is 10.2. The molecule has 3 aromatic heterocycles. The molecule has 0 saturated carbocycles. The van der Waals surface area contributed by atoms with Crippen LogP contribution in [0.3, 0.4) is 0 Å². The highest BCUT2D eigenvalue weighted by molar-refractivity contribution is 7.22. The summed E-state index contributed by atoms with van der Waals surface area (Å²) in [5.74, 6) is 0.800. The molecule has 154 valence electrons. The van der Waals surface area contributed by atoms with Gasteiger partial charge < -0.3 is 20.1 Å². The number of fused-ring (bicyclic) bond motifs is 3. The highest BCUT2D eigenvalue weighted by atomic mass is 32.1. The van der Waals surface area contributed by atoms with Crippen molar-refractivity contribution in [1.82, 2.24) is 15.0 Å². The number of pyridine rings is 1. The van der Waals surface area contributed by atoms with E-state index in [1.54, 1.807) is 17.5 Å². The van der Waals surface area contributed by atoms with Crippen LogP contribution in [-0.4, -0.2) is 26.2 Å². The zero-order chi connectivity index (χ0) is 20.8. The molecule has 7 heteroatoms. The first kappa shape index (κ1) is 18.4. The SMILES string of the molecule is O[C@H]1Cc2ccccc2C1Nc1nc2ccc(OCc3ccnc4[nH]ccc34)cc2s1. The van der Waals surface area contributed by atoms with Crippen LogP contribution in [-0.2, 0) is 13.0 Å². The van der Waals surface area contributed by atoms with Crippen LogP contribution in [0.2, 0.25) is 0 Å². The number of nitrogens with zero attached hydrogens (tertiary/aromatic N) is 2. The van der Waals surface area contributed by atoms with Gasteiger partial charge in [0, 0.05) is 29.8 Å². The van der Waals surface area contributed by atoms with E-state index >= 15 is 0 Å². The number of anilines is 1. The summed E-state index contributed by atoms with van der Waals surface area (Å²) in [6.07, 6.45) is 3.89. The molecule has 2 atom stereocenters. The van der Waals surface area contributed by atoms with E-state index in [0.29, 0.717) is 13.0 Å². The Morgan fingerprint density at radius 3 is 3.06 bits per heavy atom. The maximum Gasteiger partial charge on any atom is 0.184 e. The van der Waals surface area contributed by atoms with Crippen molar-refractivity contribution >= 4 is 37.7 Å². The second-order valence-electron chi connectivity index (χ2n) is 7.74. The van der Waals surface area contributed by atoms with Gasteiger partial charge in [0.2, 0.25) is 0 Å². The third-order valence-electron chi connectivity index (χ3n) is 5.79. The summed E-state index contributed by atoms with van der Waals surface area (Å²) in [5, 5.41) is 15.8. The Morgan fingerprint density at radius 2 is 2.10 bits per heavy atom. The molecule has 0 aliphatic heterocycles. The number of hydrogen-bond acceptors (Lipinski definition) is 6. The summed E-state index contributed by atoms with van der Waals surface area (Å²) in [6, 6.07) is 18.0. The predicted molar refractivity (Wildman–Crippen MR) is 123 cm³/mol. The third-order valence-corrected chi connectivity index (χ3v) is 6.74. The van der Waals surface area contributed by atoms with Gasteiger partial charge in [-0.3, -0.25) is 0 Å². The Balaban J connectivity index is 1.22. The number of H-pyrrole nitrogens is 1. The van der Waals surface area contributed by atoms with E-state index in [2.05, 4.69) is 27.4 Å². The number of aromatic nitrogens is 3. The second-order valence-corrected chi connectivity index (χ2v) is 8.77. The lowest BCUT2D eigenvalue weighted by atomic mass is 10.1. The summed E-state index contributed by atoms with van der Waals surface area (Å²) in [7, 11) is 0. The number of ether oxygens (including phenoxy) is 1. The Hall–Kier alpha value is -3.42. The molecule has 3 N–H and O–H groups in total. The first-order chi connectivity index (χ1) is 15.2. The van der Waals surface area contributed by atoms with E-state index in [4.69, 9.17) is 9.72 Å². The number of nitrogens with one attached hydrogen (secondary N) is 2. The molecule has 0 amide bonds. The summed E-state index contributed by atoms with van der Waals surface area (Å²) in [5.41, 5.74) is 5.21. The standard InChI is InChI=1S/C24H20N4O2S/c29-20-11-14-3-1-2-4-17(14)22(20)28-24-27-19-6-5-16(12-21(19)31-24)30-13-15-7-9-25-23-18(15)8-10-26-23/h1-10,12,20,22,29H,11,13H2,(H,25,26)(H,27,28)/t20-,22?/m0/s1. The summed E-state index contributed by atoms with van der Waals surface area (Å²) < 4.78 is 7.10. The third kappa shape index (κ3) is 3.32. The molecule has 1 aliphatic carbocycles. The van der Waals surface area contributed by atoms with E-state index in [1.165, 1.54) is 5.56 Å². The van der Waals surface area contributed by atoms with Gasteiger partial charge in [0.25, 0.3) is 0 Å². The molecule has 0 bridgehead atoms. The monoisotopic (exact) mass is 428 g/mol. The van der Waals surface area contributed by atoms with Gasteiger partial charge in [-0.25, -0.2) is 9.97 Å². The number of aromatic amines is 1. The Kier molecular flexibility index (Phi) is 4.36. The first-order valence-corrected chi connectivity index (χ1v) is 11.0. The van der Waals surface area contributed by atoms with E-state index in [0.717, 1.165) is 43.3 Å². The van der Waals surface area contributed by atoms with Crippen molar-refractivity contribution in [1.29, 1.82) is 0 Å². The molecular weight excluding hydrogens is 408 g/mol. The van der Waals surface area contributed by atoms with Crippen LogP contribution in [0, 0.1) is 0 Å². The average molecular weight is 429 g/mol. The number of hydrogen-bond donors (Lipinski definition) is 3. The lowest BCUT2D eigenvalue weighted by Gasteiger charge is -2.16. The van der Waals surface area contributed by atoms with Gasteiger partial charge in [-0.05, 0) is 41.5 Å². The fourth-order valence-corrected chi connectivity index (χ4v) is 5.17. The Bertz CT molecular complexity index is 1390. The van der Waals surface area contributed by atoms with Gasteiger partial charge in [-0.1, -0.05) is 35.6 Å². The van der Waals surface area contributed by atoms with Gasteiger partial charge in [-0.15, -0.1) is 0 Å². The number of rotatable bonds is 5. The second kappa shape index (κ2) is 7.37. The molecule has 0 spiro atoms. The minimum absolute atomic E-state index is 0.136. The molecule has 0 saturated heterocycles. The number of thiazole rings is 1. The maximum absolute atomic E-state index is 10.5. The van der Waals surface area contributed by atoms with Crippen molar-refractivity contribution in [2.45, 2.75) is 25.2 Å². The molecule has 3 heterocycles. The van der Waals surface area contributed by atoms with Crippen LogP contribution in [0.4, 0.5) is 5.13 Å². The van der Waals surface area contributed by atoms with Crippen molar-refractivity contribution in [3.8, 4) is 5.75 Å². The minimum atomic E-state index is -0.450. The molecule has 0 fully saturated rings. The molecule has 1 aliphatic rings. The minimum Gasteiger partial charge on any atom is -0.489 e. The molecule has 6 rings (SSSR count). The van der Waals surface area contributed by atoms with Gasteiger partial charge in [0.05, 0.1) is 22.4 Å². The fourth-order valence-electron chi connectivity index (χ4n) is 4.24. The quantitative estimate of drug-likeness (QED) is 0.374. The normalized spacial score (nSPS) is 17.8. The Labute approximate surface area is 182 Å². The van der Waals surface area contributed by atoms with Crippen LogP contribution in [0.15, 0.2) is 67.0 Å². The smallest absolute Gasteiger partial charge is 0.184 e. The van der Waals surface area contributed by atoms with E-state index in [-0.39, 0.29) is 6.04 Å². The van der Waals surface area contributed by atoms with Crippen molar-refractivity contribution in [2.75, 3.05) is 5.32 Å². The lowest BCUT2D eigenvalue weighted by molar-refractivity contribution is 0.166. The fraction of sp³-hybridized carbons (Fsp3) is 0.167. The largest absolute Gasteiger partial charge is 0.489 e. The zero-order valence-electron chi connectivity index (χ0n) is 16.6. The predicted octanol–water partition coefficient (Wildman–Crippen LogP) is 4.82. The topological polar surface area (TPSA) is 83.1 Å². The average Bonchev–Trinajstić information content (AvgIpc) is 3.49. The van der Waals surface area contributed by atoms with Crippen LogP contribution < -0.4 is 10.1 Å².